The highest BCUT2D eigenvalue weighted by atomic mass is 79.9. The van der Waals surface area contributed by atoms with E-state index in [0.29, 0.717) is 34.7 Å². The molecule has 1 aliphatic heterocycles. The Balaban J connectivity index is 1.81. The van der Waals surface area contributed by atoms with E-state index in [-0.39, 0.29) is 5.91 Å². The van der Waals surface area contributed by atoms with Crippen LogP contribution in [0.25, 0.3) is 6.08 Å². The summed E-state index contributed by atoms with van der Waals surface area (Å²) in [6.45, 7) is 1.36. The molecule has 0 saturated carbocycles. The zero-order chi connectivity index (χ0) is 19.2. The lowest BCUT2D eigenvalue weighted by Gasteiger charge is -2.13. The Morgan fingerprint density at radius 2 is 2.00 bits per heavy atom. The first kappa shape index (κ1) is 20.1. The zero-order valence-corrected chi connectivity index (χ0v) is 17.9. The van der Waals surface area contributed by atoms with Crippen LogP contribution in [-0.2, 0) is 16.1 Å². The number of thioether (sulfide) groups is 1. The molecule has 7 heteroatoms. The van der Waals surface area contributed by atoms with Gasteiger partial charge in [0.25, 0.3) is 5.91 Å². The number of rotatable bonds is 7. The van der Waals surface area contributed by atoms with E-state index < -0.39 is 0 Å². The number of methoxy groups -OCH3 is 1. The van der Waals surface area contributed by atoms with E-state index in [0.717, 1.165) is 15.6 Å². The van der Waals surface area contributed by atoms with Gasteiger partial charge in [0, 0.05) is 17.1 Å². The quantitative estimate of drug-likeness (QED) is 0.432. The normalized spacial score (nSPS) is 15.6. The van der Waals surface area contributed by atoms with E-state index in [1.54, 1.807) is 12.0 Å². The van der Waals surface area contributed by atoms with E-state index in [1.807, 2.05) is 54.6 Å². The van der Waals surface area contributed by atoms with Gasteiger partial charge in [0.2, 0.25) is 0 Å². The third-order valence-electron chi connectivity index (χ3n) is 3.89. The Morgan fingerprint density at radius 1 is 1.22 bits per heavy atom. The van der Waals surface area contributed by atoms with Crippen LogP contribution in [0.15, 0.2) is 57.9 Å². The molecule has 0 atom stereocenters. The smallest absolute Gasteiger partial charge is 0.266 e. The van der Waals surface area contributed by atoms with E-state index in [4.69, 9.17) is 21.7 Å². The number of hydrogen-bond donors (Lipinski definition) is 0. The molecule has 3 rings (SSSR count). The third kappa shape index (κ3) is 5.19. The number of ether oxygens (including phenoxy) is 2. The molecular weight excluding hydrogens is 446 g/mol. The molecule has 2 aromatic carbocycles. The summed E-state index contributed by atoms with van der Waals surface area (Å²) in [4.78, 5) is 14.8. The van der Waals surface area contributed by atoms with Crippen LogP contribution in [0, 0.1) is 0 Å². The molecule has 0 bridgehead atoms. The predicted molar refractivity (Wildman–Crippen MR) is 117 cm³/mol. The van der Waals surface area contributed by atoms with Crippen LogP contribution in [0.1, 0.15) is 11.1 Å². The number of hydrogen-bond acceptors (Lipinski definition) is 5. The van der Waals surface area contributed by atoms with Gasteiger partial charge in [0.15, 0.2) is 0 Å². The molecule has 1 fully saturated rings. The summed E-state index contributed by atoms with van der Waals surface area (Å²) >= 11 is 10.1. The summed E-state index contributed by atoms with van der Waals surface area (Å²) in [5, 5.41) is 0. The summed E-state index contributed by atoms with van der Waals surface area (Å²) in [5.41, 5.74) is 1.91. The van der Waals surface area contributed by atoms with Gasteiger partial charge in [-0.25, -0.2) is 0 Å². The molecular formula is C20H18BrNO3S2. The van der Waals surface area contributed by atoms with Gasteiger partial charge >= 0.3 is 0 Å². The topological polar surface area (TPSA) is 38.8 Å². The summed E-state index contributed by atoms with van der Waals surface area (Å²) in [6.07, 6.45) is 1.83. The van der Waals surface area contributed by atoms with Crippen LogP contribution in [-0.4, -0.2) is 35.4 Å². The number of nitrogens with zero attached hydrogens (tertiary/aromatic N) is 1. The first-order chi connectivity index (χ1) is 13.1. The first-order valence-electron chi connectivity index (χ1n) is 8.29. The van der Waals surface area contributed by atoms with Gasteiger partial charge in [0.1, 0.15) is 16.7 Å². The second-order valence-electron chi connectivity index (χ2n) is 5.78. The highest BCUT2D eigenvalue weighted by molar-refractivity contribution is 9.10. The van der Waals surface area contributed by atoms with Crippen LogP contribution in [0.4, 0.5) is 0 Å². The van der Waals surface area contributed by atoms with Crippen LogP contribution in [0.5, 0.6) is 5.75 Å². The molecule has 0 aromatic heterocycles. The van der Waals surface area contributed by atoms with E-state index in [9.17, 15) is 4.79 Å². The maximum Gasteiger partial charge on any atom is 0.266 e. The molecule has 27 heavy (non-hydrogen) atoms. The van der Waals surface area contributed by atoms with Crippen molar-refractivity contribution in [1.29, 1.82) is 0 Å². The van der Waals surface area contributed by atoms with Crippen molar-refractivity contribution in [2.45, 2.75) is 6.61 Å². The third-order valence-corrected chi connectivity index (χ3v) is 5.76. The van der Waals surface area contributed by atoms with Crippen LogP contribution in [0.3, 0.4) is 0 Å². The lowest BCUT2D eigenvalue weighted by Crippen LogP contribution is -2.31. The second kappa shape index (κ2) is 9.50. The second-order valence-corrected chi connectivity index (χ2v) is 8.37. The monoisotopic (exact) mass is 463 g/mol. The van der Waals surface area contributed by atoms with Crippen molar-refractivity contribution >= 4 is 56.2 Å². The highest BCUT2D eigenvalue weighted by Gasteiger charge is 2.31. The zero-order valence-electron chi connectivity index (χ0n) is 14.7. The van der Waals surface area contributed by atoms with Crippen molar-refractivity contribution < 1.29 is 14.3 Å². The van der Waals surface area contributed by atoms with Crippen LogP contribution < -0.4 is 4.74 Å². The van der Waals surface area contributed by atoms with E-state index in [2.05, 4.69) is 15.9 Å². The fraction of sp³-hybridized carbons (Fsp3) is 0.200. The van der Waals surface area contributed by atoms with Gasteiger partial charge in [-0.3, -0.25) is 9.69 Å². The molecule has 1 heterocycles. The average molecular weight is 464 g/mol. The van der Waals surface area contributed by atoms with Crippen LogP contribution >= 0.6 is 39.9 Å². The number of carbonyl (C=O) groups is 1. The largest absolute Gasteiger partial charge is 0.488 e. The Bertz CT molecular complexity index is 871. The van der Waals surface area contributed by atoms with Gasteiger partial charge in [0.05, 0.1) is 18.1 Å². The lowest BCUT2D eigenvalue weighted by atomic mass is 10.1. The molecule has 0 N–H and O–H groups in total. The predicted octanol–water partition coefficient (Wildman–Crippen LogP) is 4.88. The van der Waals surface area contributed by atoms with E-state index >= 15 is 0 Å². The molecule has 1 saturated heterocycles. The fourth-order valence-corrected chi connectivity index (χ4v) is 4.19. The van der Waals surface area contributed by atoms with Crippen molar-refractivity contribution in [2.75, 3.05) is 20.3 Å². The molecule has 140 valence electrons. The number of benzene rings is 2. The van der Waals surface area contributed by atoms with Gasteiger partial charge in [-0.15, -0.1) is 0 Å². The number of carbonyl (C=O) groups excluding carboxylic acids is 1. The Hall–Kier alpha value is -1.67. The van der Waals surface area contributed by atoms with Crippen molar-refractivity contribution in [3.63, 3.8) is 0 Å². The minimum atomic E-state index is -0.101. The van der Waals surface area contributed by atoms with Crippen molar-refractivity contribution in [1.82, 2.24) is 4.90 Å². The maximum absolute atomic E-state index is 12.6. The molecule has 2 aromatic rings. The van der Waals surface area contributed by atoms with Gasteiger partial charge < -0.3 is 9.47 Å². The molecule has 0 radical (unpaired) electrons. The Labute approximate surface area is 176 Å². The molecule has 1 amide bonds. The summed E-state index contributed by atoms with van der Waals surface area (Å²) in [7, 11) is 1.60. The summed E-state index contributed by atoms with van der Waals surface area (Å²) in [6, 6.07) is 15.7. The average Bonchev–Trinajstić information content (AvgIpc) is 2.93. The van der Waals surface area contributed by atoms with Crippen molar-refractivity contribution in [3.8, 4) is 5.75 Å². The summed E-state index contributed by atoms with van der Waals surface area (Å²) < 4.78 is 12.5. The molecule has 0 unspecified atom stereocenters. The molecule has 0 spiro atoms. The molecule has 1 aliphatic rings. The van der Waals surface area contributed by atoms with Crippen LogP contribution in [0.2, 0.25) is 0 Å². The number of thiocarbonyl (C=S) groups is 1. The highest BCUT2D eigenvalue weighted by Crippen LogP contribution is 2.35. The molecule has 0 aliphatic carbocycles. The van der Waals surface area contributed by atoms with Gasteiger partial charge in [-0.2, -0.15) is 0 Å². The maximum atomic E-state index is 12.6. The number of amides is 1. The SMILES string of the molecule is COCCN1C(=O)C(=Cc2cc(Br)ccc2OCc2ccccc2)SC1=S. The Morgan fingerprint density at radius 3 is 2.74 bits per heavy atom. The first-order valence-corrected chi connectivity index (χ1v) is 10.3. The molecule has 4 nitrogen and oxygen atoms in total. The minimum Gasteiger partial charge on any atom is -0.488 e. The summed E-state index contributed by atoms with van der Waals surface area (Å²) in [5.74, 6) is 0.611. The number of halogens is 1. The Kier molecular flexibility index (Phi) is 7.07. The fourth-order valence-electron chi connectivity index (χ4n) is 2.52. The van der Waals surface area contributed by atoms with Crippen molar-refractivity contribution in [2.24, 2.45) is 0 Å². The lowest BCUT2D eigenvalue weighted by molar-refractivity contribution is -0.122. The standard InChI is InChI=1S/C20H18BrNO3S2/c1-24-10-9-22-19(23)18(27-20(22)26)12-15-11-16(21)7-8-17(15)25-13-14-5-3-2-4-6-14/h2-8,11-12H,9-10,13H2,1H3. The van der Waals surface area contributed by atoms with Gasteiger partial charge in [-0.05, 0) is 29.8 Å². The van der Waals surface area contributed by atoms with E-state index in [1.165, 1.54) is 11.8 Å². The van der Waals surface area contributed by atoms with Crippen molar-refractivity contribution in [3.05, 3.63) is 69.0 Å². The minimum absolute atomic E-state index is 0.101. The van der Waals surface area contributed by atoms with Gasteiger partial charge in [-0.1, -0.05) is 70.2 Å².